The molecule has 1 aliphatic rings. The molecule has 2 rings (SSSR count). The van der Waals surface area contributed by atoms with E-state index in [1.165, 1.54) is 16.4 Å². The number of ether oxygens (including phenoxy) is 1. The molecular weight excluding hydrogens is 370 g/mol. The van der Waals surface area contributed by atoms with E-state index in [2.05, 4.69) is 10.1 Å². The first-order chi connectivity index (χ1) is 11.8. The Bertz CT molecular complexity index is 732. The van der Waals surface area contributed by atoms with Crippen molar-refractivity contribution in [3.05, 3.63) is 29.3 Å². The van der Waals surface area contributed by atoms with Gasteiger partial charge >= 0.3 is 6.09 Å². The van der Waals surface area contributed by atoms with E-state index in [9.17, 15) is 18.0 Å². The van der Waals surface area contributed by atoms with Gasteiger partial charge in [0.15, 0.2) is 6.54 Å². The van der Waals surface area contributed by atoms with Crippen LogP contribution in [0.1, 0.15) is 6.92 Å². The summed E-state index contributed by atoms with van der Waals surface area (Å²) < 4.78 is 31.3. The molecule has 0 atom stereocenters. The maximum absolute atomic E-state index is 12.6. The molecule has 25 heavy (non-hydrogen) atoms. The summed E-state index contributed by atoms with van der Waals surface area (Å²) in [5, 5.41) is 2.32. The highest BCUT2D eigenvalue weighted by Crippen LogP contribution is 2.23. The zero-order chi connectivity index (χ0) is 18.4. The van der Waals surface area contributed by atoms with Gasteiger partial charge in [0.1, 0.15) is 4.90 Å². The first-order valence-electron chi connectivity index (χ1n) is 7.89. The number of hydrogen-bond donors (Lipinski definition) is 2. The van der Waals surface area contributed by atoms with Crippen molar-refractivity contribution in [2.75, 3.05) is 39.3 Å². The van der Waals surface area contributed by atoms with Gasteiger partial charge in [0.05, 0.1) is 37.8 Å². The van der Waals surface area contributed by atoms with E-state index in [0.717, 1.165) is 4.90 Å². The Morgan fingerprint density at radius 2 is 1.92 bits per heavy atom. The molecule has 0 spiro atoms. The number of nitrogens with one attached hydrogen (secondary N) is 2. The predicted molar refractivity (Wildman–Crippen MR) is 90.9 cm³/mol. The molecule has 0 unspecified atom stereocenters. The molecule has 1 aliphatic heterocycles. The molecule has 1 heterocycles. The first kappa shape index (κ1) is 19.6. The number of amides is 2. The van der Waals surface area contributed by atoms with Crippen LogP contribution >= 0.6 is 11.6 Å². The molecule has 0 aliphatic carbocycles. The van der Waals surface area contributed by atoms with Crippen molar-refractivity contribution < 1.29 is 27.6 Å². The van der Waals surface area contributed by atoms with Crippen molar-refractivity contribution in [2.45, 2.75) is 11.8 Å². The Morgan fingerprint density at radius 3 is 2.52 bits per heavy atom. The summed E-state index contributed by atoms with van der Waals surface area (Å²) in [5.74, 6) is -0.448. The minimum absolute atomic E-state index is 0.0821. The average molecular weight is 391 g/mol. The van der Waals surface area contributed by atoms with Crippen molar-refractivity contribution >= 4 is 33.6 Å². The first-order valence-corrected chi connectivity index (χ1v) is 9.71. The second kappa shape index (κ2) is 8.61. The predicted octanol–water partition coefficient (Wildman–Crippen LogP) is -0.498. The van der Waals surface area contributed by atoms with Crippen LogP contribution < -0.4 is 10.2 Å². The van der Waals surface area contributed by atoms with E-state index in [-0.39, 0.29) is 36.2 Å². The molecule has 0 radical (unpaired) electrons. The zero-order valence-electron chi connectivity index (χ0n) is 13.8. The standard InChI is InChI=1S/C15H20ClN3O5S/c1-2-24-15(21)17-14(20)11-18-7-9-19(10-8-18)25(22,23)13-6-4-3-5-12(13)16/h3-6H,2,7-11H2,1H3,(H,17,20,21)/p+1. The number of nitrogens with zero attached hydrogens (tertiary/aromatic N) is 1. The van der Waals surface area contributed by atoms with Crippen molar-refractivity contribution in [1.29, 1.82) is 0 Å². The van der Waals surface area contributed by atoms with Gasteiger partial charge in [-0.05, 0) is 19.1 Å². The maximum atomic E-state index is 12.6. The quantitative estimate of drug-likeness (QED) is 0.706. The van der Waals surface area contributed by atoms with Crippen molar-refractivity contribution in [3.8, 4) is 0 Å². The number of piperazine rings is 1. The lowest BCUT2D eigenvalue weighted by molar-refractivity contribution is -0.895. The van der Waals surface area contributed by atoms with Crippen LogP contribution in [0.2, 0.25) is 5.02 Å². The molecule has 8 nitrogen and oxygen atoms in total. The minimum Gasteiger partial charge on any atom is -0.450 e. The number of alkyl carbamates (subject to hydrolysis) is 1. The number of quaternary nitrogens is 1. The van der Waals surface area contributed by atoms with Gasteiger partial charge in [-0.1, -0.05) is 23.7 Å². The van der Waals surface area contributed by atoms with E-state index in [4.69, 9.17) is 11.6 Å². The van der Waals surface area contributed by atoms with Crippen LogP contribution in [0.4, 0.5) is 4.79 Å². The number of rotatable bonds is 5. The van der Waals surface area contributed by atoms with Gasteiger partial charge in [0.25, 0.3) is 5.91 Å². The molecule has 0 aromatic heterocycles. The molecular formula is C15H21ClN3O5S+. The van der Waals surface area contributed by atoms with Crippen LogP contribution in [-0.2, 0) is 19.6 Å². The lowest BCUT2D eigenvalue weighted by atomic mass is 10.3. The normalized spacial score (nSPS) is 16.4. The highest BCUT2D eigenvalue weighted by molar-refractivity contribution is 7.89. The van der Waals surface area contributed by atoms with Gasteiger partial charge in [0, 0.05) is 0 Å². The van der Waals surface area contributed by atoms with Crippen molar-refractivity contribution in [3.63, 3.8) is 0 Å². The van der Waals surface area contributed by atoms with Gasteiger partial charge in [-0.25, -0.2) is 13.2 Å². The van der Waals surface area contributed by atoms with Gasteiger partial charge in [-0.3, -0.25) is 10.1 Å². The van der Waals surface area contributed by atoms with E-state index >= 15 is 0 Å². The Hall–Kier alpha value is -1.68. The van der Waals surface area contributed by atoms with Crippen molar-refractivity contribution in [2.24, 2.45) is 0 Å². The Labute approximate surface area is 151 Å². The molecule has 0 bridgehead atoms. The van der Waals surface area contributed by atoms with E-state index in [0.29, 0.717) is 13.1 Å². The van der Waals surface area contributed by atoms with Crippen LogP contribution in [-0.4, -0.2) is 64.1 Å². The molecule has 10 heteroatoms. The number of sulfonamides is 1. The molecule has 1 fully saturated rings. The fraction of sp³-hybridized carbons (Fsp3) is 0.467. The molecule has 1 saturated heterocycles. The number of hydrogen-bond acceptors (Lipinski definition) is 5. The van der Waals surface area contributed by atoms with Gasteiger partial charge in [-0.2, -0.15) is 4.31 Å². The summed E-state index contributed by atoms with van der Waals surface area (Å²) in [6.07, 6.45) is -0.771. The highest BCUT2D eigenvalue weighted by atomic mass is 35.5. The van der Waals surface area contributed by atoms with Crippen LogP contribution in [0, 0.1) is 0 Å². The molecule has 138 valence electrons. The third-order valence-corrected chi connectivity index (χ3v) is 6.21. The number of halogens is 1. The highest BCUT2D eigenvalue weighted by Gasteiger charge is 2.32. The number of benzene rings is 1. The lowest BCUT2D eigenvalue weighted by Crippen LogP contribution is -3.15. The van der Waals surface area contributed by atoms with Crippen molar-refractivity contribution in [1.82, 2.24) is 9.62 Å². The maximum Gasteiger partial charge on any atom is 0.414 e. The topological polar surface area (TPSA) is 97.2 Å². The van der Waals surface area contributed by atoms with Gasteiger partial charge in [0.2, 0.25) is 10.0 Å². The number of carbonyl (C=O) groups is 2. The number of carbonyl (C=O) groups excluding carboxylic acids is 2. The molecule has 0 saturated carbocycles. The average Bonchev–Trinajstić information content (AvgIpc) is 2.55. The summed E-state index contributed by atoms with van der Waals surface area (Å²) in [6, 6.07) is 6.31. The van der Waals surface area contributed by atoms with E-state index < -0.39 is 22.0 Å². The van der Waals surface area contributed by atoms with Crippen LogP contribution in [0.15, 0.2) is 29.2 Å². The van der Waals surface area contributed by atoms with E-state index in [1.54, 1.807) is 19.1 Å². The Balaban J connectivity index is 1.90. The lowest BCUT2D eigenvalue weighted by Gasteiger charge is -2.31. The Kier molecular flexibility index (Phi) is 6.77. The molecule has 2 amide bonds. The summed E-state index contributed by atoms with van der Waals surface area (Å²) in [5.41, 5.74) is 0. The van der Waals surface area contributed by atoms with Crippen LogP contribution in [0.25, 0.3) is 0 Å². The zero-order valence-corrected chi connectivity index (χ0v) is 15.4. The minimum atomic E-state index is -3.66. The van der Waals surface area contributed by atoms with Crippen LogP contribution in [0.5, 0.6) is 0 Å². The number of imide groups is 1. The summed E-state index contributed by atoms with van der Waals surface area (Å²) in [4.78, 5) is 23.9. The van der Waals surface area contributed by atoms with Gasteiger partial charge in [-0.15, -0.1) is 0 Å². The fourth-order valence-corrected chi connectivity index (χ4v) is 4.50. The molecule has 1 aromatic rings. The third kappa shape index (κ3) is 5.15. The summed E-state index contributed by atoms with van der Waals surface area (Å²) >= 11 is 5.99. The molecule has 2 N–H and O–H groups in total. The Morgan fingerprint density at radius 1 is 1.28 bits per heavy atom. The van der Waals surface area contributed by atoms with E-state index in [1.807, 2.05) is 0 Å². The summed E-state index contributed by atoms with van der Waals surface area (Å²) in [7, 11) is -3.66. The molecule has 1 aromatic carbocycles. The third-order valence-electron chi connectivity index (χ3n) is 3.81. The second-order valence-corrected chi connectivity index (χ2v) is 7.84. The smallest absolute Gasteiger partial charge is 0.414 e. The summed E-state index contributed by atoms with van der Waals surface area (Å²) in [6.45, 7) is 3.38. The fourth-order valence-electron chi connectivity index (χ4n) is 2.56. The second-order valence-electron chi connectivity index (χ2n) is 5.53. The van der Waals surface area contributed by atoms with Crippen LogP contribution in [0.3, 0.4) is 0 Å². The largest absolute Gasteiger partial charge is 0.450 e. The van der Waals surface area contributed by atoms with Gasteiger partial charge < -0.3 is 9.64 Å². The monoisotopic (exact) mass is 390 g/mol. The SMILES string of the molecule is CCOC(=O)NC(=O)C[NH+]1CCN(S(=O)(=O)c2ccccc2Cl)CC1.